The Morgan fingerprint density at radius 3 is 3.06 bits per heavy atom. The van der Waals surface area contributed by atoms with Crippen LogP contribution in [0.15, 0.2) is 30.2 Å². The molecule has 0 saturated heterocycles. The van der Waals surface area contributed by atoms with Gasteiger partial charge in [-0.15, -0.1) is 11.3 Å². The third-order valence-electron chi connectivity index (χ3n) is 2.37. The smallest absolute Gasteiger partial charge is 0.128 e. The second-order valence-corrected chi connectivity index (χ2v) is 4.60. The molecule has 0 aromatic carbocycles. The van der Waals surface area contributed by atoms with Gasteiger partial charge in [0.25, 0.3) is 0 Å². The number of hydrogen-bond donors (Lipinski definition) is 1. The van der Waals surface area contributed by atoms with Gasteiger partial charge in [-0.2, -0.15) is 5.10 Å². The van der Waals surface area contributed by atoms with Crippen LogP contribution in [0.2, 0.25) is 0 Å². The molecule has 0 aliphatic heterocycles. The Bertz CT molecular complexity index is 482. The van der Waals surface area contributed by atoms with Gasteiger partial charge >= 0.3 is 0 Å². The van der Waals surface area contributed by atoms with Crippen LogP contribution >= 0.6 is 11.3 Å². The molecule has 0 unspecified atom stereocenters. The molecule has 0 spiro atoms. The van der Waals surface area contributed by atoms with E-state index in [0.717, 1.165) is 29.1 Å². The summed E-state index contributed by atoms with van der Waals surface area (Å²) in [4.78, 5) is 0. The van der Waals surface area contributed by atoms with E-state index in [1.807, 2.05) is 23.6 Å². The number of nitrogen functional groups attached to an aromatic ring is 1. The lowest BCUT2D eigenvalue weighted by Crippen LogP contribution is -1.99. The first-order valence-electron chi connectivity index (χ1n) is 5.30. The van der Waals surface area contributed by atoms with Crippen molar-refractivity contribution in [2.24, 2.45) is 0 Å². The summed E-state index contributed by atoms with van der Waals surface area (Å²) in [7, 11) is 0. The quantitative estimate of drug-likeness (QED) is 0.880. The maximum Gasteiger partial charge on any atom is 0.128 e. The summed E-state index contributed by atoms with van der Waals surface area (Å²) in [6.45, 7) is 6.15. The topological polar surface area (TPSA) is 43.8 Å². The first-order valence-corrected chi connectivity index (χ1v) is 6.18. The van der Waals surface area contributed by atoms with Gasteiger partial charge < -0.3 is 5.73 Å². The highest BCUT2D eigenvalue weighted by Gasteiger charge is 2.09. The number of anilines is 1. The fraction of sp³-hybridized carbons (Fsp3) is 0.250. The molecular formula is C12H15N3S. The van der Waals surface area contributed by atoms with Gasteiger partial charge in [0, 0.05) is 6.07 Å². The highest BCUT2D eigenvalue weighted by Crippen LogP contribution is 2.23. The average molecular weight is 233 g/mol. The van der Waals surface area contributed by atoms with Gasteiger partial charge in [-0.1, -0.05) is 19.9 Å². The van der Waals surface area contributed by atoms with Crippen molar-refractivity contribution in [1.82, 2.24) is 9.78 Å². The Balaban J connectivity index is 2.32. The van der Waals surface area contributed by atoms with E-state index in [0.29, 0.717) is 5.82 Å². The van der Waals surface area contributed by atoms with Crippen molar-refractivity contribution in [1.29, 1.82) is 0 Å². The third-order valence-corrected chi connectivity index (χ3v) is 3.21. The lowest BCUT2D eigenvalue weighted by molar-refractivity contribution is 0.888. The number of allylic oxidation sites excluding steroid dienone is 1. The predicted octanol–water partition coefficient (Wildman–Crippen LogP) is 3.33. The number of hydrogen-bond acceptors (Lipinski definition) is 3. The molecule has 16 heavy (non-hydrogen) atoms. The molecule has 2 N–H and O–H groups in total. The molecule has 2 aromatic heterocycles. The lowest BCUT2D eigenvalue weighted by Gasteiger charge is -1.99. The largest absolute Gasteiger partial charge is 0.384 e. The Kier molecular flexibility index (Phi) is 3.10. The van der Waals surface area contributed by atoms with E-state index in [4.69, 9.17) is 5.73 Å². The van der Waals surface area contributed by atoms with Gasteiger partial charge in [0.15, 0.2) is 0 Å². The Morgan fingerprint density at radius 2 is 2.44 bits per heavy atom. The molecule has 3 nitrogen and oxygen atoms in total. The van der Waals surface area contributed by atoms with Gasteiger partial charge in [0.05, 0.1) is 5.69 Å². The van der Waals surface area contributed by atoms with E-state index in [-0.39, 0.29) is 0 Å². The molecule has 2 rings (SSSR count). The monoisotopic (exact) mass is 233 g/mol. The van der Waals surface area contributed by atoms with Crippen molar-refractivity contribution in [3.8, 4) is 5.00 Å². The first-order chi connectivity index (χ1) is 7.72. The summed E-state index contributed by atoms with van der Waals surface area (Å²) in [5.41, 5.74) is 7.87. The Hall–Kier alpha value is -1.55. The molecule has 0 aliphatic carbocycles. The van der Waals surface area contributed by atoms with Crippen LogP contribution in [0.5, 0.6) is 0 Å². The van der Waals surface area contributed by atoms with Crippen LogP contribution < -0.4 is 5.73 Å². The van der Waals surface area contributed by atoms with Crippen molar-refractivity contribution in [2.75, 3.05) is 5.73 Å². The van der Waals surface area contributed by atoms with Crippen molar-refractivity contribution >= 4 is 22.7 Å². The standard InChI is InChI=1S/C12H15N3S/c1-3-5-9(2)10-8-11(13)15(14-10)12-6-4-7-16-12/h4,6-8H,2-3,5,13H2,1H3. The molecule has 2 aromatic rings. The average Bonchev–Trinajstić information content (AvgIpc) is 2.86. The van der Waals surface area contributed by atoms with E-state index in [1.54, 1.807) is 16.0 Å². The Morgan fingerprint density at radius 1 is 1.62 bits per heavy atom. The number of nitrogens with zero attached hydrogens (tertiary/aromatic N) is 2. The zero-order valence-electron chi connectivity index (χ0n) is 9.31. The van der Waals surface area contributed by atoms with Crippen LogP contribution in [0.3, 0.4) is 0 Å². The van der Waals surface area contributed by atoms with E-state index < -0.39 is 0 Å². The fourth-order valence-electron chi connectivity index (χ4n) is 1.57. The highest BCUT2D eigenvalue weighted by molar-refractivity contribution is 7.12. The summed E-state index contributed by atoms with van der Waals surface area (Å²) in [6, 6.07) is 5.87. The summed E-state index contributed by atoms with van der Waals surface area (Å²) in [5.74, 6) is 0.662. The van der Waals surface area contributed by atoms with E-state index in [9.17, 15) is 0 Å². The van der Waals surface area contributed by atoms with Crippen LogP contribution in [-0.2, 0) is 0 Å². The number of aromatic nitrogens is 2. The summed E-state index contributed by atoms with van der Waals surface area (Å²) >= 11 is 1.62. The molecule has 0 fully saturated rings. The molecule has 4 heteroatoms. The first kappa shape index (κ1) is 11.0. The minimum Gasteiger partial charge on any atom is -0.384 e. The second kappa shape index (κ2) is 4.53. The van der Waals surface area contributed by atoms with E-state index in [1.165, 1.54) is 0 Å². The van der Waals surface area contributed by atoms with Gasteiger partial charge in [-0.3, -0.25) is 0 Å². The van der Waals surface area contributed by atoms with Crippen molar-refractivity contribution in [3.63, 3.8) is 0 Å². The van der Waals surface area contributed by atoms with Crippen LogP contribution in [0, 0.1) is 0 Å². The summed E-state index contributed by atoms with van der Waals surface area (Å²) in [5, 5.41) is 7.52. The zero-order valence-corrected chi connectivity index (χ0v) is 10.1. The van der Waals surface area contributed by atoms with Crippen LogP contribution in [-0.4, -0.2) is 9.78 Å². The molecular weight excluding hydrogens is 218 g/mol. The molecule has 0 atom stereocenters. The number of rotatable bonds is 4. The number of thiophene rings is 1. The molecule has 0 aliphatic rings. The molecule has 0 amide bonds. The predicted molar refractivity (Wildman–Crippen MR) is 69.8 cm³/mol. The van der Waals surface area contributed by atoms with Crippen molar-refractivity contribution in [3.05, 3.63) is 35.9 Å². The molecule has 0 bridgehead atoms. The van der Waals surface area contributed by atoms with Gasteiger partial charge in [0.2, 0.25) is 0 Å². The fourth-order valence-corrected chi connectivity index (χ4v) is 2.26. The maximum atomic E-state index is 5.93. The van der Waals surface area contributed by atoms with E-state index in [2.05, 4.69) is 18.6 Å². The molecule has 84 valence electrons. The van der Waals surface area contributed by atoms with Crippen LogP contribution in [0.25, 0.3) is 10.6 Å². The maximum absolute atomic E-state index is 5.93. The second-order valence-electron chi connectivity index (χ2n) is 3.67. The van der Waals surface area contributed by atoms with Crippen LogP contribution in [0.4, 0.5) is 5.82 Å². The van der Waals surface area contributed by atoms with Crippen molar-refractivity contribution in [2.45, 2.75) is 19.8 Å². The molecule has 0 radical (unpaired) electrons. The summed E-state index contributed by atoms with van der Waals surface area (Å²) < 4.78 is 1.76. The zero-order chi connectivity index (χ0) is 11.5. The molecule has 0 saturated carbocycles. The molecule has 2 heterocycles. The lowest BCUT2D eigenvalue weighted by atomic mass is 10.1. The van der Waals surface area contributed by atoms with Gasteiger partial charge in [-0.25, -0.2) is 4.68 Å². The minimum atomic E-state index is 0.662. The number of nitrogens with two attached hydrogens (primary N) is 1. The summed E-state index contributed by atoms with van der Waals surface area (Å²) in [6.07, 6.45) is 2.03. The van der Waals surface area contributed by atoms with Gasteiger partial charge in [0.1, 0.15) is 10.8 Å². The van der Waals surface area contributed by atoms with Crippen molar-refractivity contribution < 1.29 is 0 Å². The third kappa shape index (κ3) is 2.02. The minimum absolute atomic E-state index is 0.662. The van der Waals surface area contributed by atoms with Gasteiger partial charge in [-0.05, 0) is 29.5 Å². The Labute approximate surface area is 99.2 Å². The highest BCUT2D eigenvalue weighted by atomic mass is 32.1. The normalized spacial score (nSPS) is 10.6. The van der Waals surface area contributed by atoms with E-state index >= 15 is 0 Å². The van der Waals surface area contributed by atoms with Crippen LogP contribution in [0.1, 0.15) is 25.5 Å². The SMILES string of the molecule is C=C(CCC)c1cc(N)n(-c2cccs2)n1.